The van der Waals surface area contributed by atoms with Gasteiger partial charge in [0.15, 0.2) is 6.61 Å². The van der Waals surface area contributed by atoms with Gasteiger partial charge in [-0.05, 0) is 92.9 Å². The maximum atomic E-state index is 12.5. The summed E-state index contributed by atoms with van der Waals surface area (Å²) in [6.07, 6.45) is 9.43. The summed E-state index contributed by atoms with van der Waals surface area (Å²) in [6.45, 7) is 2.24. The minimum Gasteiger partial charge on any atom is -0.484 e. The first-order valence-electron chi connectivity index (χ1n) is 10.4. The van der Waals surface area contributed by atoms with Gasteiger partial charge in [-0.2, -0.15) is 0 Å². The summed E-state index contributed by atoms with van der Waals surface area (Å²) >= 11 is 0. The number of amides is 1. The van der Waals surface area contributed by atoms with Crippen LogP contribution in [0.5, 0.6) is 5.75 Å². The van der Waals surface area contributed by atoms with Gasteiger partial charge in [0, 0.05) is 11.6 Å². The van der Waals surface area contributed by atoms with E-state index >= 15 is 0 Å². The van der Waals surface area contributed by atoms with Crippen LogP contribution in [0.4, 0.5) is 0 Å². The van der Waals surface area contributed by atoms with Crippen LogP contribution >= 0.6 is 0 Å². The predicted molar refractivity (Wildman–Crippen MR) is 103 cm³/mol. The lowest BCUT2D eigenvalue weighted by atomic mass is 9.48. The molecule has 0 spiro atoms. The molecule has 4 saturated carbocycles. The Balaban J connectivity index is 1.15. The Morgan fingerprint density at radius 3 is 2.39 bits per heavy atom. The summed E-state index contributed by atoms with van der Waals surface area (Å²) in [6, 6.07) is 7.54. The first kappa shape index (κ1) is 17.7. The van der Waals surface area contributed by atoms with Crippen LogP contribution in [0, 0.1) is 23.2 Å². The molecule has 28 heavy (non-hydrogen) atoms. The van der Waals surface area contributed by atoms with Crippen molar-refractivity contribution in [3.8, 4) is 17.2 Å². The Morgan fingerprint density at radius 2 is 1.82 bits per heavy atom. The summed E-state index contributed by atoms with van der Waals surface area (Å²) in [5.74, 6) is 3.75. The van der Waals surface area contributed by atoms with Gasteiger partial charge in [-0.25, -0.2) is 0 Å². The van der Waals surface area contributed by atoms with E-state index in [2.05, 4.69) is 22.4 Å². The number of carbonyl (C=O) groups excluding carboxylic acids is 1. The molecule has 4 fully saturated rings. The molecule has 1 aromatic carbocycles. The van der Waals surface area contributed by atoms with Gasteiger partial charge >= 0.3 is 0 Å². The Labute approximate surface area is 165 Å². The summed E-state index contributed by atoms with van der Waals surface area (Å²) in [7, 11) is 0. The van der Waals surface area contributed by atoms with Crippen LogP contribution in [0.25, 0.3) is 11.5 Å². The number of nitrogens with zero attached hydrogens (tertiary/aromatic N) is 2. The molecule has 6 nitrogen and oxygen atoms in total. The number of hydrogen-bond acceptors (Lipinski definition) is 5. The molecule has 4 bridgehead atoms. The molecule has 1 atom stereocenters. The first-order chi connectivity index (χ1) is 13.6. The molecule has 4 aliphatic carbocycles. The zero-order valence-electron chi connectivity index (χ0n) is 16.3. The predicted octanol–water partition coefficient (Wildman–Crippen LogP) is 3.84. The topological polar surface area (TPSA) is 77.2 Å². The summed E-state index contributed by atoms with van der Waals surface area (Å²) < 4.78 is 10.9. The lowest BCUT2D eigenvalue weighted by Crippen LogP contribution is -2.56. The Morgan fingerprint density at radius 1 is 1.18 bits per heavy atom. The van der Waals surface area contributed by atoms with Gasteiger partial charge in [0.2, 0.25) is 12.3 Å². The third-order valence-corrected chi connectivity index (χ3v) is 7.21. The van der Waals surface area contributed by atoms with E-state index in [1.165, 1.54) is 44.9 Å². The number of aromatic nitrogens is 2. The lowest BCUT2D eigenvalue weighted by Gasteiger charge is -2.59. The van der Waals surface area contributed by atoms with Gasteiger partial charge in [-0.15, -0.1) is 10.2 Å². The monoisotopic (exact) mass is 381 g/mol. The van der Waals surface area contributed by atoms with Gasteiger partial charge in [0.1, 0.15) is 5.75 Å². The number of hydrogen-bond donors (Lipinski definition) is 1. The van der Waals surface area contributed by atoms with Crippen molar-refractivity contribution in [1.29, 1.82) is 0 Å². The third kappa shape index (κ3) is 3.29. The van der Waals surface area contributed by atoms with Crippen molar-refractivity contribution in [3.05, 3.63) is 30.7 Å². The van der Waals surface area contributed by atoms with Crippen LogP contribution < -0.4 is 10.1 Å². The molecule has 1 N–H and O–H groups in total. The third-order valence-electron chi connectivity index (χ3n) is 7.21. The van der Waals surface area contributed by atoms with Crippen LogP contribution in [0.15, 0.2) is 35.1 Å². The minimum atomic E-state index is -0.0378. The van der Waals surface area contributed by atoms with E-state index in [0.717, 1.165) is 23.3 Å². The molecule has 0 radical (unpaired) electrons. The number of nitrogens with one attached hydrogen (secondary N) is 1. The number of ether oxygens (including phenoxy) is 1. The molecule has 4 aliphatic rings. The van der Waals surface area contributed by atoms with Crippen LogP contribution in [0.2, 0.25) is 0 Å². The van der Waals surface area contributed by atoms with E-state index in [-0.39, 0.29) is 18.6 Å². The van der Waals surface area contributed by atoms with E-state index in [0.29, 0.717) is 17.1 Å². The van der Waals surface area contributed by atoms with Crippen molar-refractivity contribution in [2.24, 2.45) is 23.2 Å². The average molecular weight is 381 g/mol. The summed E-state index contributed by atoms with van der Waals surface area (Å²) in [4.78, 5) is 12.5. The molecule has 148 valence electrons. The van der Waals surface area contributed by atoms with E-state index in [1.807, 2.05) is 24.3 Å². The van der Waals surface area contributed by atoms with Crippen molar-refractivity contribution in [1.82, 2.24) is 15.5 Å². The normalized spacial score (nSPS) is 31.5. The van der Waals surface area contributed by atoms with Gasteiger partial charge in [0.25, 0.3) is 5.91 Å². The molecule has 1 unspecified atom stereocenters. The maximum Gasteiger partial charge on any atom is 0.258 e. The standard InChI is InChI=1S/C22H27N3O3/c1-14(22-9-15-6-16(10-22)8-17(7-15)11-22)24-20(26)12-27-19-4-2-18(3-5-19)21-25-23-13-28-21/h2-5,13-17H,6-12H2,1H3,(H,24,26). The zero-order chi connectivity index (χ0) is 19.1. The summed E-state index contributed by atoms with van der Waals surface area (Å²) in [5.41, 5.74) is 1.14. The molecule has 1 amide bonds. The van der Waals surface area contributed by atoms with E-state index in [1.54, 1.807) is 0 Å². The molecule has 1 aromatic heterocycles. The first-order valence-corrected chi connectivity index (χ1v) is 10.4. The Kier molecular flexibility index (Phi) is 4.37. The van der Waals surface area contributed by atoms with E-state index in [9.17, 15) is 4.79 Å². The fourth-order valence-corrected chi connectivity index (χ4v) is 6.29. The van der Waals surface area contributed by atoms with Crippen LogP contribution in [-0.2, 0) is 4.79 Å². The van der Waals surface area contributed by atoms with Crippen molar-refractivity contribution in [2.75, 3.05) is 6.61 Å². The lowest BCUT2D eigenvalue weighted by molar-refractivity contribution is -0.127. The highest BCUT2D eigenvalue weighted by atomic mass is 16.5. The van der Waals surface area contributed by atoms with Crippen LogP contribution in [0.1, 0.15) is 45.4 Å². The van der Waals surface area contributed by atoms with Crippen molar-refractivity contribution in [3.63, 3.8) is 0 Å². The van der Waals surface area contributed by atoms with Crippen LogP contribution in [0.3, 0.4) is 0 Å². The second kappa shape index (κ2) is 6.90. The number of benzene rings is 1. The van der Waals surface area contributed by atoms with E-state index < -0.39 is 0 Å². The molecule has 0 saturated heterocycles. The number of rotatable bonds is 6. The second-order valence-corrected chi connectivity index (χ2v) is 9.13. The molecular formula is C22H27N3O3. The SMILES string of the molecule is CC(NC(=O)COc1ccc(-c2nnco2)cc1)C12CC3CC(CC(C3)C1)C2. The molecular weight excluding hydrogens is 354 g/mol. The van der Waals surface area contributed by atoms with Gasteiger partial charge < -0.3 is 14.5 Å². The quantitative estimate of drug-likeness (QED) is 0.823. The highest BCUT2D eigenvalue weighted by Crippen LogP contribution is 2.61. The van der Waals surface area contributed by atoms with Gasteiger partial charge in [-0.1, -0.05) is 0 Å². The largest absolute Gasteiger partial charge is 0.484 e. The smallest absolute Gasteiger partial charge is 0.258 e. The maximum absolute atomic E-state index is 12.5. The fourth-order valence-electron chi connectivity index (χ4n) is 6.29. The molecule has 1 heterocycles. The van der Waals surface area contributed by atoms with Gasteiger partial charge in [0.05, 0.1) is 0 Å². The van der Waals surface area contributed by atoms with E-state index in [4.69, 9.17) is 9.15 Å². The summed E-state index contributed by atoms with van der Waals surface area (Å²) in [5, 5.41) is 10.8. The highest BCUT2D eigenvalue weighted by molar-refractivity contribution is 5.78. The van der Waals surface area contributed by atoms with Crippen molar-refractivity contribution >= 4 is 5.91 Å². The molecule has 2 aromatic rings. The van der Waals surface area contributed by atoms with Crippen molar-refractivity contribution in [2.45, 2.75) is 51.5 Å². The second-order valence-electron chi connectivity index (χ2n) is 9.13. The highest BCUT2D eigenvalue weighted by Gasteiger charge is 2.53. The van der Waals surface area contributed by atoms with Gasteiger partial charge in [-0.3, -0.25) is 4.79 Å². The fraction of sp³-hybridized carbons (Fsp3) is 0.591. The number of carbonyl (C=O) groups is 1. The zero-order valence-corrected chi connectivity index (χ0v) is 16.3. The molecule has 6 heteroatoms. The Hall–Kier alpha value is -2.37. The minimum absolute atomic E-state index is 0.0378. The molecule has 6 rings (SSSR count). The molecule has 0 aliphatic heterocycles. The van der Waals surface area contributed by atoms with Crippen molar-refractivity contribution < 1.29 is 13.9 Å². The average Bonchev–Trinajstić information content (AvgIpc) is 3.20. The Bertz CT molecular complexity index is 796. The van der Waals surface area contributed by atoms with Crippen LogP contribution in [-0.4, -0.2) is 28.8 Å².